The second-order valence-corrected chi connectivity index (χ2v) is 5.24. The third-order valence-electron chi connectivity index (χ3n) is 3.66. The summed E-state index contributed by atoms with van der Waals surface area (Å²) in [6.07, 6.45) is 0.447. The van der Waals surface area contributed by atoms with Gasteiger partial charge in [-0.3, -0.25) is 4.79 Å². The van der Waals surface area contributed by atoms with E-state index in [1.165, 1.54) is 11.0 Å². The van der Waals surface area contributed by atoms with Crippen LogP contribution in [0.15, 0.2) is 24.3 Å². The van der Waals surface area contributed by atoms with E-state index in [2.05, 4.69) is 12.4 Å². The number of nitrogens with one attached hydrogen (secondary N) is 3. The molecule has 0 radical (unpaired) electrons. The first-order valence-corrected chi connectivity index (χ1v) is 6.84. The van der Waals surface area contributed by atoms with Gasteiger partial charge in [-0.2, -0.15) is 0 Å². The van der Waals surface area contributed by atoms with E-state index >= 15 is 0 Å². The SMILES string of the molecule is C[NH+]1CC[NH+](CCC(=O)Nc2ccccc2F)CC1. The van der Waals surface area contributed by atoms with Gasteiger partial charge < -0.3 is 15.1 Å². The summed E-state index contributed by atoms with van der Waals surface area (Å²) in [5.74, 6) is -0.490. The molecular weight excluding hydrogens is 245 g/mol. The van der Waals surface area contributed by atoms with Crippen molar-refractivity contribution in [2.45, 2.75) is 6.42 Å². The summed E-state index contributed by atoms with van der Waals surface area (Å²) in [5, 5.41) is 2.63. The number of hydrogen-bond acceptors (Lipinski definition) is 1. The molecule has 0 spiro atoms. The molecule has 3 N–H and O–H groups in total. The van der Waals surface area contributed by atoms with Crippen LogP contribution in [0.25, 0.3) is 0 Å². The molecule has 0 aliphatic carbocycles. The molecule has 1 aromatic rings. The van der Waals surface area contributed by atoms with Crippen molar-refractivity contribution in [2.24, 2.45) is 0 Å². The van der Waals surface area contributed by atoms with Crippen LogP contribution in [-0.4, -0.2) is 45.7 Å². The van der Waals surface area contributed by atoms with Crippen molar-refractivity contribution >= 4 is 11.6 Å². The van der Waals surface area contributed by atoms with E-state index in [1.807, 2.05) is 0 Å². The fraction of sp³-hybridized carbons (Fsp3) is 0.500. The van der Waals surface area contributed by atoms with Crippen LogP contribution in [0.3, 0.4) is 0 Å². The molecule has 1 fully saturated rings. The zero-order valence-corrected chi connectivity index (χ0v) is 11.3. The Morgan fingerprint density at radius 1 is 1.26 bits per heavy atom. The first-order valence-electron chi connectivity index (χ1n) is 6.84. The highest BCUT2D eigenvalue weighted by molar-refractivity contribution is 5.90. The maximum Gasteiger partial charge on any atom is 0.230 e. The van der Waals surface area contributed by atoms with Gasteiger partial charge in [0.2, 0.25) is 5.91 Å². The van der Waals surface area contributed by atoms with Crippen molar-refractivity contribution in [1.29, 1.82) is 0 Å². The number of carbonyl (C=O) groups excluding carboxylic acids is 1. The molecule has 2 rings (SSSR count). The molecule has 0 bridgehead atoms. The lowest BCUT2D eigenvalue weighted by molar-refractivity contribution is -1.00. The number of quaternary nitrogens is 2. The summed E-state index contributed by atoms with van der Waals surface area (Å²) < 4.78 is 13.4. The van der Waals surface area contributed by atoms with Crippen LogP contribution in [0.1, 0.15) is 6.42 Å². The molecule has 104 valence electrons. The number of likely N-dealkylation sites (N-methyl/N-ethyl adjacent to an activating group) is 1. The molecule has 1 aliphatic heterocycles. The van der Waals surface area contributed by atoms with Crippen molar-refractivity contribution in [3.8, 4) is 0 Å². The van der Waals surface area contributed by atoms with E-state index in [0.29, 0.717) is 6.42 Å². The van der Waals surface area contributed by atoms with Crippen LogP contribution < -0.4 is 15.1 Å². The van der Waals surface area contributed by atoms with Gasteiger partial charge in [0.1, 0.15) is 32.0 Å². The van der Waals surface area contributed by atoms with Gasteiger partial charge in [0.25, 0.3) is 0 Å². The minimum atomic E-state index is -0.383. The quantitative estimate of drug-likeness (QED) is 0.615. The first kappa shape index (κ1) is 14.0. The average Bonchev–Trinajstić information content (AvgIpc) is 2.41. The van der Waals surface area contributed by atoms with Crippen LogP contribution in [0, 0.1) is 5.82 Å². The minimum absolute atomic E-state index is 0.108. The highest BCUT2D eigenvalue weighted by Gasteiger charge is 2.20. The summed E-state index contributed by atoms with van der Waals surface area (Å²) >= 11 is 0. The largest absolute Gasteiger partial charge is 0.328 e. The number of anilines is 1. The van der Waals surface area contributed by atoms with Gasteiger partial charge in [-0.05, 0) is 12.1 Å². The van der Waals surface area contributed by atoms with Crippen LogP contribution in [0.5, 0.6) is 0 Å². The summed E-state index contributed by atoms with van der Waals surface area (Å²) in [7, 11) is 2.20. The highest BCUT2D eigenvalue weighted by atomic mass is 19.1. The van der Waals surface area contributed by atoms with Crippen molar-refractivity contribution in [2.75, 3.05) is 45.1 Å². The zero-order chi connectivity index (χ0) is 13.7. The molecular formula is C14H22FN3O+2. The predicted octanol–water partition coefficient (Wildman–Crippen LogP) is -1.43. The Labute approximate surface area is 113 Å². The Morgan fingerprint density at radius 2 is 1.95 bits per heavy atom. The number of rotatable bonds is 4. The molecule has 1 saturated heterocycles. The maximum atomic E-state index is 13.4. The molecule has 0 aromatic heterocycles. The van der Waals surface area contributed by atoms with Gasteiger partial charge >= 0.3 is 0 Å². The molecule has 1 aliphatic rings. The van der Waals surface area contributed by atoms with Gasteiger partial charge in [0.05, 0.1) is 25.7 Å². The van der Waals surface area contributed by atoms with Gasteiger partial charge in [-0.1, -0.05) is 12.1 Å². The summed E-state index contributed by atoms with van der Waals surface area (Å²) in [4.78, 5) is 14.8. The molecule has 1 heterocycles. The Morgan fingerprint density at radius 3 is 2.63 bits per heavy atom. The predicted molar refractivity (Wildman–Crippen MR) is 71.8 cm³/mol. The molecule has 5 heteroatoms. The molecule has 1 aromatic carbocycles. The highest BCUT2D eigenvalue weighted by Crippen LogP contribution is 2.12. The van der Waals surface area contributed by atoms with E-state index < -0.39 is 0 Å². The lowest BCUT2D eigenvalue weighted by atomic mass is 10.2. The molecule has 0 atom stereocenters. The van der Waals surface area contributed by atoms with E-state index in [9.17, 15) is 9.18 Å². The molecule has 0 saturated carbocycles. The normalized spacial score (nSPS) is 23.1. The third kappa shape index (κ3) is 4.29. The second kappa shape index (κ2) is 6.63. The number of para-hydroxylation sites is 1. The lowest BCUT2D eigenvalue weighted by Crippen LogP contribution is -3.27. The molecule has 0 unspecified atom stereocenters. The zero-order valence-electron chi connectivity index (χ0n) is 11.3. The molecule has 19 heavy (non-hydrogen) atoms. The van der Waals surface area contributed by atoms with Crippen LogP contribution >= 0.6 is 0 Å². The topological polar surface area (TPSA) is 38.0 Å². The summed E-state index contributed by atoms with van der Waals surface area (Å²) in [5.41, 5.74) is 0.269. The van der Waals surface area contributed by atoms with E-state index in [4.69, 9.17) is 0 Å². The van der Waals surface area contributed by atoms with Gasteiger partial charge in [-0.25, -0.2) is 4.39 Å². The second-order valence-electron chi connectivity index (χ2n) is 5.24. The average molecular weight is 267 g/mol. The fourth-order valence-electron chi connectivity index (χ4n) is 2.35. The van der Waals surface area contributed by atoms with Crippen molar-refractivity contribution in [3.63, 3.8) is 0 Å². The third-order valence-corrected chi connectivity index (χ3v) is 3.66. The van der Waals surface area contributed by atoms with E-state index in [1.54, 1.807) is 23.1 Å². The van der Waals surface area contributed by atoms with Crippen LogP contribution in [-0.2, 0) is 4.79 Å². The van der Waals surface area contributed by atoms with Crippen LogP contribution in [0.2, 0.25) is 0 Å². The maximum absolute atomic E-state index is 13.4. The Bertz CT molecular complexity index is 430. The number of carbonyl (C=O) groups is 1. The van der Waals surface area contributed by atoms with Gasteiger partial charge in [0.15, 0.2) is 0 Å². The fourth-order valence-corrected chi connectivity index (χ4v) is 2.35. The van der Waals surface area contributed by atoms with Crippen LogP contribution in [0.4, 0.5) is 10.1 Å². The lowest BCUT2D eigenvalue weighted by Gasteiger charge is -2.27. The molecule has 4 nitrogen and oxygen atoms in total. The van der Waals surface area contributed by atoms with Gasteiger partial charge in [0, 0.05) is 0 Å². The minimum Gasteiger partial charge on any atom is -0.328 e. The molecule has 1 amide bonds. The smallest absolute Gasteiger partial charge is 0.230 e. The standard InChI is InChI=1S/C14H20FN3O/c1-17-8-10-18(11-9-17)7-6-14(19)16-13-5-3-2-4-12(13)15/h2-5H,6-11H2,1H3,(H,16,19)/p+2. The van der Waals surface area contributed by atoms with Crippen molar-refractivity contribution in [1.82, 2.24) is 0 Å². The number of piperazine rings is 1. The number of hydrogen-bond donors (Lipinski definition) is 3. The van der Waals surface area contributed by atoms with Gasteiger partial charge in [-0.15, -0.1) is 0 Å². The summed E-state index contributed by atoms with van der Waals surface area (Å²) in [6, 6.07) is 6.26. The Balaban J connectivity index is 1.74. The summed E-state index contributed by atoms with van der Waals surface area (Å²) in [6.45, 7) is 5.36. The first-order chi connectivity index (χ1) is 9.15. The Hall–Kier alpha value is -1.46. The Kier molecular flexibility index (Phi) is 4.87. The van der Waals surface area contributed by atoms with E-state index in [-0.39, 0.29) is 17.4 Å². The number of amides is 1. The van der Waals surface area contributed by atoms with E-state index in [0.717, 1.165) is 32.7 Å². The van der Waals surface area contributed by atoms with Crippen molar-refractivity contribution in [3.05, 3.63) is 30.1 Å². The number of benzene rings is 1. The monoisotopic (exact) mass is 267 g/mol. The number of halogens is 1. The van der Waals surface area contributed by atoms with Crippen molar-refractivity contribution < 1.29 is 19.0 Å².